The first-order valence-corrected chi connectivity index (χ1v) is 15.1. The van der Waals surface area contributed by atoms with Crippen LogP contribution in [-0.4, -0.2) is 51.4 Å². The monoisotopic (exact) mass is 622 g/mol. The molecule has 2 aliphatic heterocycles. The molecule has 236 valence electrons. The van der Waals surface area contributed by atoms with E-state index in [2.05, 4.69) is 27.9 Å². The highest BCUT2D eigenvalue weighted by molar-refractivity contribution is 5.86. The Balaban J connectivity index is 1.38. The number of morpholine rings is 1. The lowest BCUT2D eigenvalue weighted by molar-refractivity contribution is -0.137. The summed E-state index contributed by atoms with van der Waals surface area (Å²) < 4.78 is 48.0. The Bertz CT molecular complexity index is 1680. The third kappa shape index (κ3) is 5.87. The van der Waals surface area contributed by atoms with E-state index in [-0.39, 0.29) is 24.5 Å². The van der Waals surface area contributed by atoms with Gasteiger partial charge in [-0.1, -0.05) is 48.9 Å². The minimum atomic E-state index is -4.44. The van der Waals surface area contributed by atoms with Crippen molar-refractivity contribution in [1.82, 2.24) is 30.3 Å². The van der Waals surface area contributed by atoms with Gasteiger partial charge in [0, 0.05) is 12.6 Å². The molecule has 0 radical (unpaired) electrons. The Morgan fingerprint density at radius 2 is 1.84 bits per heavy atom. The predicted octanol–water partition coefficient (Wildman–Crippen LogP) is 5.31. The third-order valence-electron chi connectivity index (χ3n) is 8.80. The molecule has 2 saturated heterocycles. The summed E-state index contributed by atoms with van der Waals surface area (Å²) in [5.41, 5.74) is 4.61. The van der Waals surface area contributed by atoms with Gasteiger partial charge in [0.2, 0.25) is 5.95 Å². The molecule has 11 nitrogen and oxygen atoms in total. The van der Waals surface area contributed by atoms with Gasteiger partial charge in [-0.25, -0.2) is 14.8 Å². The molecule has 2 aromatic heterocycles. The van der Waals surface area contributed by atoms with Gasteiger partial charge in [0.05, 0.1) is 31.4 Å². The number of alkyl halides is 3. The molecule has 1 amide bonds. The molecule has 4 aromatic rings. The van der Waals surface area contributed by atoms with E-state index in [1.165, 1.54) is 18.6 Å². The molecule has 7 rings (SSSR count). The maximum Gasteiger partial charge on any atom is 0.427 e. The number of hydrogen-bond acceptors (Lipinski definition) is 9. The summed E-state index contributed by atoms with van der Waals surface area (Å²) in [6, 6.07) is 15.1. The first kappa shape index (κ1) is 29.3. The standard InChI is InChI=1S/C31H33F3N8O3/c1-18(20-8-5-9-20)35-25-24-26(37-27(36-25)28-39-30(43)45-40-28)38-29(41-14-15-44-17-23(41)21-6-3-2-4-7-21)42(24)16-19-10-12-22(13-11-19)31(32,33)34/h2-4,6-7,10-13,18,20,23,28,40H,5,8-9,14-17H2,1H3,(H,39,43)(H,35,36,37)/t18-,23+,28?/m1/s1. The number of nitrogens with one attached hydrogen (secondary N) is 3. The fraction of sp³-hybridized carbons (Fsp3) is 0.419. The highest BCUT2D eigenvalue weighted by Crippen LogP contribution is 2.37. The smallest absolute Gasteiger partial charge is 0.377 e. The number of aromatic nitrogens is 4. The van der Waals surface area contributed by atoms with E-state index in [1.807, 2.05) is 34.9 Å². The first-order chi connectivity index (χ1) is 21.7. The van der Waals surface area contributed by atoms with E-state index in [0.29, 0.717) is 54.2 Å². The summed E-state index contributed by atoms with van der Waals surface area (Å²) in [6.07, 6.45) is -2.49. The molecule has 4 heterocycles. The summed E-state index contributed by atoms with van der Waals surface area (Å²) in [6.45, 7) is 3.78. The molecule has 14 heteroatoms. The lowest BCUT2D eigenvalue weighted by Crippen LogP contribution is -2.41. The van der Waals surface area contributed by atoms with E-state index in [1.54, 1.807) is 0 Å². The molecule has 3 fully saturated rings. The third-order valence-corrected chi connectivity index (χ3v) is 8.80. The molecule has 3 N–H and O–H groups in total. The maximum absolute atomic E-state index is 13.4. The molecule has 1 unspecified atom stereocenters. The molecule has 0 bridgehead atoms. The minimum absolute atomic E-state index is 0.0883. The van der Waals surface area contributed by atoms with Gasteiger partial charge >= 0.3 is 12.3 Å². The van der Waals surface area contributed by atoms with Crippen molar-refractivity contribution in [2.45, 2.75) is 57.2 Å². The Labute approximate surface area is 257 Å². The van der Waals surface area contributed by atoms with Crippen molar-refractivity contribution in [3.05, 3.63) is 77.1 Å². The van der Waals surface area contributed by atoms with Crippen molar-refractivity contribution in [3.63, 3.8) is 0 Å². The lowest BCUT2D eigenvalue weighted by Gasteiger charge is -2.37. The number of anilines is 2. The molecular formula is C31H33F3N8O3. The van der Waals surface area contributed by atoms with Gasteiger partial charge < -0.3 is 24.4 Å². The number of amides is 1. The summed E-state index contributed by atoms with van der Waals surface area (Å²) >= 11 is 0. The number of halogens is 3. The van der Waals surface area contributed by atoms with Crippen molar-refractivity contribution in [2.24, 2.45) is 5.92 Å². The number of benzene rings is 2. The van der Waals surface area contributed by atoms with Crippen molar-refractivity contribution in [1.29, 1.82) is 0 Å². The van der Waals surface area contributed by atoms with Gasteiger partial charge in [0.15, 0.2) is 23.5 Å². The molecule has 2 aromatic carbocycles. The molecule has 45 heavy (non-hydrogen) atoms. The van der Waals surface area contributed by atoms with Crippen LogP contribution in [0.2, 0.25) is 0 Å². The van der Waals surface area contributed by atoms with Gasteiger partial charge in [-0.2, -0.15) is 18.2 Å². The van der Waals surface area contributed by atoms with Crippen molar-refractivity contribution in [3.8, 4) is 0 Å². The second-order valence-corrected chi connectivity index (χ2v) is 11.7. The summed E-state index contributed by atoms with van der Waals surface area (Å²) in [5, 5.41) is 6.24. The van der Waals surface area contributed by atoms with Gasteiger partial charge in [0.1, 0.15) is 5.52 Å². The van der Waals surface area contributed by atoms with E-state index < -0.39 is 24.0 Å². The average Bonchev–Trinajstić information content (AvgIpc) is 3.60. The number of rotatable bonds is 8. The zero-order valence-electron chi connectivity index (χ0n) is 24.6. The first-order valence-electron chi connectivity index (χ1n) is 15.1. The largest absolute Gasteiger partial charge is 0.427 e. The minimum Gasteiger partial charge on any atom is -0.377 e. The number of carbonyl (C=O) groups is 1. The molecule has 3 aliphatic rings. The fourth-order valence-electron chi connectivity index (χ4n) is 6.10. The van der Waals surface area contributed by atoms with Crippen LogP contribution in [-0.2, 0) is 22.3 Å². The normalized spacial score (nSPS) is 21.3. The van der Waals surface area contributed by atoms with Gasteiger partial charge in [-0.15, -0.1) is 5.48 Å². The van der Waals surface area contributed by atoms with Crippen LogP contribution >= 0.6 is 0 Å². The van der Waals surface area contributed by atoms with Gasteiger partial charge in [0.25, 0.3) is 0 Å². The van der Waals surface area contributed by atoms with Crippen LogP contribution < -0.4 is 21.0 Å². The second kappa shape index (κ2) is 11.8. The van der Waals surface area contributed by atoms with Crippen LogP contribution in [0.25, 0.3) is 11.2 Å². The van der Waals surface area contributed by atoms with Crippen molar-refractivity contribution < 1.29 is 27.5 Å². The van der Waals surface area contributed by atoms with Crippen LogP contribution in [0.5, 0.6) is 0 Å². The van der Waals surface area contributed by atoms with Crippen LogP contribution in [0.15, 0.2) is 54.6 Å². The van der Waals surface area contributed by atoms with Gasteiger partial charge in [-0.3, -0.25) is 5.32 Å². The number of hydrogen-bond donors (Lipinski definition) is 3. The van der Waals surface area contributed by atoms with E-state index >= 15 is 0 Å². The van der Waals surface area contributed by atoms with Crippen molar-refractivity contribution in [2.75, 3.05) is 30.0 Å². The Hall–Kier alpha value is -4.43. The van der Waals surface area contributed by atoms with E-state index in [0.717, 1.165) is 30.5 Å². The number of carbonyl (C=O) groups excluding carboxylic acids is 1. The lowest BCUT2D eigenvalue weighted by atomic mass is 9.80. The summed E-state index contributed by atoms with van der Waals surface area (Å²) in [4.78, 5) is 33.5. The molecule has 3 atom stereocenters. The number of ether oxygens (including phenoxy) is 1. The SMILES string of the molecule is C[C@@H](Nc1nc(C2NOC(=O)N2)nc2nc(N3CCOC[C@H]3c3ccccc3)n(Cc3ccc(C(F)(F)F)cc3)c12)C1CCC1. The van der Waals surface area contributed by atoms with Crippen LogP contribution in [0.1, 0.15) is 60.9 Å². The topological polar surface area (TPSA) is 118 Å². The Morgan fingerprint density at radius 3 is 2.51 bits per heavy atom. The van der Waals surface area contributed by atoms with Crippen LogP contribution in [0.3, 0.4) is 0 Å². The van der Waals surface area contributed by atoms with E-state index in [4.69, 9.17) is 24.5 Å². The highest BCUT2D eigenvalue weighted by Gasteiger charge is 2.34. The Kier molecular flexibility index (Phi) is 7.69. The summed E-state index contributed by atoms with van der Waals surface area (Å²) in [5.74, 6) is 1.85. The maximum atomic E-state index is 13.4. The number of nitrogens with zero attached hydrogens (tertiary/aromatic N) is 5. The number of hydroxylamine groups is 1. The highest BCUT2D eigenvalue weighted by atomic mass is 19.4. The molecule has 1 saturated carbocycles. The average molecular weight is 623 g/mol. The fourth-order valence-corrected chi connectivity index (χ4v) is 6.10. The quantitative estimate of drug-likeness (QED) is 0.240. The summed E-state index contributed by atoms with van der Waals surface area (Å²) in [7, 11) is 0. The zero-order valence-corrected chi connectivity index (χ0v) is 24.6. The second-order valence-electron chi connectivity index (χ2n) is 11.7. The number of imidazole rings is 1. The predicted molar refractivity (Wildman–Crippen MR) is 159 cm³/mol. The Morgan fingerprint density at radius 1 is 1.07 bits per heavy atom. The molecule has 1 aliphatic carbocycles. The molecule has 0 spiro atoms. The van der Waals surface area contributed by atoms with Crippen LogP contribution in [0.4, 0.5) is 29.7 Å². The zero-order chi connectivity index (χ0) is 31.1. The van der Waals surface area contributed by atoms with E-state index in [9.17, 15) is 18.0 Å². The number of fused-ring (bicyclic) bond motifs is 1. The molecular weight excluding hydrogens is 589 g/mol. The van der Waals surface area contributed by atoms with Crippen molar-refractivity contribution >= 4 is 29.0 Å². The van der Waals surface area contributed by atoms with Gasteiger partial charge in [-0.05, 0) is 48.9 Å². The van der Waals surface area contributed by atoms with Crippen LogP contribution in [0, 0.1) is 5.92 Å².